The number of carbonyl (C=O) groups excluding carboxylic acids is 1. The number of hydrogen-bond acceptors (Lipinski definition) is 3. The number of benzene rings is 1. The van der Waals surface area contributed by atoms with Crippen molar-refractivity contribution in [3.8, 4) is 5.75 Å². The minimum absolute atomic E-state index is 0. The van der Waals surface area contributed by atoms with Crippen LogP contribution in [0.15, 0.2) is 24.3 Å². The van der Waals surface area contributed by atoms with Gasteiger partial charge in [-0.25, -0.2) is 0 Å². The first kappa shape index (κ1) is 19.8. The Kier molecular flexibility index (Phi) is 8.42. The van der Waals surface area contributed by atoms with Gasteiger partial charge in [0.15, 0.2) is 0 Å². The monoisotopic (exact) mass is 340 g/mol. The highest BCUT2D eigenvalue weighted by molar-refractivity contribution is 5.94. The topological polar surface area (TPSA) is 55.6 Å². The molecule has 0 aromatic heterocycles. The number of ether oxygens (including phenoxy) is 1. The lowest BCUT2D eigenvalue weighted by molar-refractivity contribution is 0.0748. The second-order valence-electron chi connectivity index (χ2n) is 6.34. The molecular formula is C18H29ClN2O2. The molecule has 5 heteroatoms. The summed E-state index contributed by atoms with van der Waals surface area (Å²) >= 11 is 0. The van der Waals surface area contributed by atoms with E-state index in [9.17, 15) is 4.79 Å². The molecule has 2 N–H and O–H groups in total. The van der Waals surface area contributed by atoms with Crippen LogP contribution >= 0.6 is 12.4 Å². The number of halogens is 1. The molecule has 1 aliphatic carbocycles. The number of nitrogens with two attached hydrogens (primary N) is 1. The molecule has 1 unspecified atom stereocenters. The zero-order chi connectivity index (χ0) is 15.9. The molecular weight excluding hydrogens is 312 g/mol. The van der Waals surface area contributed by atoms with Gasteiger partial charge in [0.05, 0.1) is 6.61 Å². The number of rotatable bonds is 6. The summed E-state index contributed by atoms with van der Waals surface area (Å²) in [5, 5.41) is 0. The van der Waals surface area contributed by atoms with E-state index in [0.717, 1.165) is 12.4 Å². The van der Waals surface area contributed by atoms with Gasteiger partial charge in [0.1, 0.15) is 5.75 Å². The molecule has 1 saturated carbocycles. The second-order valence-corrected chi connectivity index (χ2v) is 6.34. The van der Waals surface area contributed by atoms with Crippen molar-refractivity contribution in [3.05, 3.63) is 29.8 Å². The van der Waals surface area contributed by atoms with Crippen molar-refractivity contribution in [2.24, 2.45) is 11.7 Å². The number of hydrogen-bond donors (Lipinski definition) is 1. The van der Waals surface area contributed by atoms with Gasteiger partial charge in [0.2, 0.25) is 0 Å². The van der Waals surface area contributed by atoms with E-state index >= 15 is 0 Å². The maximum Gasteiger partial charge on any atom is 0.253 e. The van der Waals surface area contributed by atoms with Gasteiger partial charge in [-0.3, -0.25) is 4.79 Å². The Bertz CT molecular complexity index is 472. The van der Waals surface area contributed by atoms with Crippen LogP contribution in [0.25, 0.3) is 0 Å². The predicted octanol–water partition coefficient (Wildman–Crippen LogP) is 3.49. The Morgan fingerprint density at radius 2 is 1.87 bits per heavy atom. The third kappa shape index (κ3) is 5.70. The van der Waals surface area contributed by atoms with Gasteiger partial charge >= 0.3 is 0 Å². The van der Waals surface area contributed by atoms with Crippen LogP contribution in [-0.4, -0.2) is 37.0 Å². The van der Waals surface area contributed by atoms with Crippen LogP contribution < -0.4 is 10.5 Å². The summed E-state index contributed by atoms with van der Waals surface area (Å²) < 4.78 is 5.86. The molecule has 0 heterocycles. The summed E-state index contributed by atoms with van der Waals surface area (Å²) in [6.07, 6.45) is 6.57. The molecule has 0 bridgehead atoms. The molecule has 0 aliphatic heterocycles. The lowest BCUT2D eigenvalue weighted by Crippen LogP contribution is -2.39. The Hall–Kier alpha value is -1.26. The zero-order valence-electron chi connectivity index (χ0n) is 14.2. The largest absolute Gasteiger partial charge is 0.493 e. The lowest BCUT2D eigenvalue weighted by atomic mass is 9.90. The molecule has 2 rings (SSSR count). The molecule has 130 valence electrons. The van der Waals surface area contributed by atoms with Gasteiger partial charge in [0, 0.05) is 25.2 Å². The van der Waals surface area contributed by atoms with Crippen molar-refractivity contribution in [1.82, 2.24) is 4.90 Å². The summed E-state index contributed by atoms with van der Waals surface area (Å²) in [5.74, 6) is 1.53. The smallest absolute Gasteiger partial charge is 0.253 e. The minimum Gasteiger partial charge on any atom is -0.493 e. The molecule has 1 aromatic rings. The summed E-state index contributed by atoms with van der Waals surface area (Å²) in [6, 6.07) is 7.47. The van der Waals surface area contributed by atoms with Gasteiger partial charge in [-0.1, -0.05) is 19.3 Å². The van der Waals surface area contributed by atoms with Crippen molar-refractivity contribution >= 4 is 18.3 Å². The van der Waals surface area contributed by atoms with Crippen LogP contribution in [0.2, 0.25) is 0 Å². The first-order valence-electron chi connectivity index (χ1n) is 8.32. The van der Waals surface area contributed by atoms with Gasteiger partial charge in [0.25, 0.3) is 5.91 Å². The Balaban J connectivity index is 0.00000264. The summed E-state index contributed by atoms with van der Waals surface area (Å²) in [4.78, 5) is 14.0. The van der Waals surface area contributed by atoms with Gasteiger partial charge in [-0.15, -0.1) is 12.4 Å². The van der Waals surface area contributed by atoms with Crippen LogP contribution in [0.5, 0.6) is 5.75 Å². The van der Waals surface area contributed by atoms with Crippen LogP contribution in [0.1, 0.15) is 49.4 Å². The van der Waals surface area contributed by atoms with Crippen molar-refractivity contribution < 1.29 is 9.53 Å². The maximum absolute atomic E-state index is 12.3. The number of likely N-dealkylation sites (N-methyl/N-ethyl adjacent to an activating group) is 1. The van der Waals surface area contributed by atoms with E-state index in [1.54, 1.807) is 11.9 Å². The fourth-order valence-corrected chi connectivity index (χ4v) is 2.82. The highest BCUT2D eigenvalue weighted by Gasteiger charge is 2.17. The van der Waals surface area contributed by atoms with E-state index in [1.807, 2.05) is 31.2 Å². The molecule has 0 saturated heterocycles. The molecule has 23 heavy (non-hydrogen) atoms. The standard InChI is InChI=1S/C18H28N2O2.ClH/c1-14(12-19)20(2)18(21)16-8-10-17(11-9-16)22-13-15-6-4-3-5-7-15;/h8-11,14-15H,3-7,12-13,19H2,1-2H3;1H. The second kappa shape index (κ2) is 9.78. The van der Waals surface area contributed by atoms with E-state index in [0.29, 0.717) is 18.0 Å². The highest BCUT2D eigenvalue weighted by Crippen LogP contribution is 2.24. The zero-order valence-corrected chi connectivity index (χ0v) is 15.0. The van der Waals surface area contributed by atoms with E-state index < -0.39 is 0 Å². The normalized spacial score (nSPS) is 16.3. The highest BCUT2D eigenvalue weighted by atomic mass is 35.5. The van der Waals surface area contributed by atoms with Crippen LogP contribution in [0.3, 0.4) is 0 Å². The van der Waals surface area contributed by atoms with Crippen LogP contribution in [-0.2, 0) is 0 Å². The van der Waals surface area contributed by atoms with Crippen LogP contribution in [0, 0.1) is 5.92 Å². The third-order valence-corrected chi connectivity index (χ3v) is 4.63. The van der Waals surface area contributed by atoms with Crippen molar-refractivity contribution in [2.75, 3.05) is 20.2 Å². The van der Waals surface area contributed by atoms with E-state index in [4.69, 9.17) is 10.5 Å². The molecule has 1 atom stereocenters. The Labute approximate surface area is 145 Å². The average molecular weight is 341 g/mol. The number of nitrogens with zero attached hydrogens (tertiary/aromatic N) is 1. The van der Waals surface area contributed by atoms with Gasteiger partial charge < -0.3 is 15.4 Å². The summed E-state index contributed by atoms with van der Waals surface area (Å²) in [6.45, 7) is 3.20. The third-order valence-electron chi connectivity index (χ3n) is 4.63. The Morgan fingerprint density at radius 3 is 2.43 bits per heavy atom. The van der Waals surface area contributed by atoms with Gasteiger partial charge in [-0.2, -0.15) is 0 Å². The predicted molar refractivity (Wildman–Crippen MR) is 96.4 cm³/mol. The SMILES string of the molecule is CC(CN)N(C)C(=O)c1ccc(OCC2CCCCC2)cc1.Cl. The summed E-state index contributed by atoms with van der Waals surface area (Å²) in [7, 11) is 1.79. The van der Waals surface area contributed by atoms with E-state index in [1.165, 1.54) is 32.1 Å². The minimum atomic E-state index is -0.00298. The molecule has 4 nitrogen and oxygen atoms in total. The van der Waals surface area contributed by atoms with E-state index in [-0.39, 0.29) is 24.4 Å². The molecule has 0 spiro atoms. The quantitative estimate of drug-likeness (QED) is 0.862. The van der Waals surface area contributed by atoms with Gasteiger partial charge in [-0.05, 0) is 49.9 Å². The average Bonchev–Trinajstić information content (AvgIpc) is 2.59. The van der Waals surface area contributed by atoms with E-state index in [2.05, 4.69) is 0 Å². The lowest BCUT2D eigenvalue weighted by Gasteiger charge is -2.24. The van der Waals surface area contributed by atoms with Crippen LogP contribution in [0.4, 0.5) is 0 Å². The fraction of sp³-hybridized carbons (Fsp3) is 0.611. The molecule has 1 aliphatic rings. The molecule has 1 amide bonds. The Morgan fingerprint density at radius 1 is 1.26 bits per heavy atom. The number of amides is 1. The first-order chi connectivity index (χ1) is 10.6. The molecule has 1 fully saturated rings. The maximum atomic E-state index is 12.3. The summed E-state index contributed by atoms with van der Waals surface area (Å²) in [5.41, 5.74) is 6.28. The van der Waals surface area contributed by atoms with Crippen molar-refractivity contribution in [3.63, 3.8) is 0 Å². The molecule has 1 aromatic carbocycles. The van der Waals surface area contributed by atoms with Crippen molar-refractivity contribution in [2.45, 2.75) is 45.1 Å². The molecule has 0 radical (unpaired) electrons. The fourth-order valence-electron chi connectivity index (χ4n) is 2.82. The number of carbonyl (C=O) groups is 1. The van der Waals surface area contributed by atoms with Crippen molar-refractivity contribution in [1.29, 1.82) is 0 Å². The first-order valence-corrected chi connectivity index (χ1v) is 8.32.